The van der Waals surface area contributed by atoms with E-state index in [4.69, 9.17) is 0 Å². The molecule has 6 aromatic carbocycles. The van der Waals surface area contributed by atoms with E-state index in [0.717, 1.165) is 0 Å². The van der Waals surface area contributed by atoms with Crippen LogP contribution in [0.5, 0.6) is 0 Å². The molecular formula is C36H27N. The van der Waals surface area contributed by atoms with Crippen molar-refractivity contribution >= 4 is 32.4 Å². The van der Waals surface area contributed by atoms with E-state index in [9.17, 15) is 0 Å². The normalized spacial score (nSPS) is 11.5. The fourth-order valence-electron chi connectivity index (χ4n) is 5.84. The van der Waals surface area contributed by atoms with Crippen molar-refractivity contribution in [3.63, 3.8) is 0 Å². The molecule has 1 aromatic heterocycles. The highest BCUT2D eigenvalue weighted by Gasteiger charge is 2.14. The second-order valence-corrected chi connectivity index (χ2v) is 9.91. The summed E-state index contributed by atoms with van der Waals surface area (Å²) >= 11 is 0. The van der Waals surface area contributed by atoms with Gasteiger partial charge < -0.3 is 4.57 Å². The van der Waals surface area contributed by atoms with Crippen molar-refractivity contribution in [2.45, 2.75) is 13.8 Å². The van der Waals surface area contributed by atoms with Gasteiger partial charge in [0.1, 0.15) is 0 Å². The van der Waals surface area contributed by atoms with E-state index in [-0.39, 0.29) is 0 Å². The molecule has 1 heteroatoms. The Morgan fingerprint density at radius 2 is 1.19 bits per heavy atom. The molecule has 1 heterocycles. The van der Waals surface area contributed by atoms with Crippen LogP contribution in [-0.2, 0) is 0 Å². The lowest BCUT2D eigenvalue weighted by atomic mass is 9.89. The largest absolute Gasteiger partial charge is 0.316 e. The third-order valence-corrected chi connectivity index (χ3v) is 7.80. The van der Waals surface area contributed by atoms with Crippen LogP contribution in [0.15, 0.2) is 128 Å². The van der Waals surface area contributed by atoms with Gasteiger partial charge in [0.05, 0.1) is 11.2 Å². The molecule has 1 nitrogen and oxygen atoms in total. The number of benzene rings is 6. The van der Waals surface area contributed by atoms with E-state index in [1.807, 2.05) is 0 Å². The Morgan fingerprint density at radius 1 is 0.486 bits per heavy atom. The van der Waals surface area contributed by atoms with Crippen LogP contribution in [0.4, 0.5) is 0 Å². The maximum Gasteiger partial charge on any atom is 0.0534 e. The number of aromatic nitrogens is 1. The minimum Gasteiger partial charge on any atom is -0.316 e. The Labute approximate surface area is 217 Å². The molecule has 0 fully saturated rings. The lowest BCUT2D eigenvalue weighted by molar-refractivity contribution is 1.14. The second-order valence-electron chi connectivity index (χ2n) is 9.91. The lowest BCUT2D eigenvalue weighted by Gasteiger charge is -2.16. The number of aryl methyl sites for hydroxylation is 2. The van der Waals surface area contributed by atoms with Crippen LogP contribution in [0.25, 0.3) is 60.4 Å². The second kappa shape index (κ2) is 8.50. The van der Waals surface area contributed by atoms with Crippen molar-refractivity contribution in [3.05, 3.63) is 139 Å². The molecule has 0 N–H and O–H groups in total. The van der Waals surface area contributed by atoms with E-state index in [1.54, 1.807) is 0 Å². The average molecular weight is 474 g/mol. The summed E-state index contributed by atoms with van der Waals surface area (Å²) in [5, 5.41) is 6.38. The van der Waals surface area contributed by atoms with Gasteiger partial charge in [-0.1, -0.05) is 97.1 Å². The molecule has 0 aliphatic heterocycles. The number of hydrogen-bond acceptors (Lipinski definition) is 0. The monoisotopic (exact) mass is 473 g/mol. The summed E-state index contributed by atoms with van der Waals surface area (Å²) in [4.78, 5) is 0. The van der Waals surface area contributed by atoms with Crippen LogP contribution in [0, 0.1) is 13.8 Å². The zero-order valence-corrected chi connectivity index (χ0v) is 21.1. The molecule has 0 amide bonds. The van der Waals surface area contributed by atoms with Gasteiger partial charge in [0, 0.05) is 11.6 Å². The van der Waals surface area contributed by atoms with Gasteiger partial charge in [-0.2, -0.15) is 0 Å². The maximum absolute atomic E-state index is 2.37. The van der Waals surface area contributed by atoms with Crippen molar-refractivity contribution in [2.75, 3.05) is 0 Å². The number of fused-ring (bicyclic) bond motifs is 3. The average Bonchev–Trinajstić information content (AvgIpc) is 3.37. The van der Waals surface area contributed by atoms with E-state index in [2.05, 4.69) is 146 Å². The van der Waals surface area contributed by atoms with Gasteiger partial charge in [-0.05, 0) is 93.0 Å². The van der Waals surface area contributed by atoms with Crippen molar-refractivity contribution in [1.29, 1.82) is 0 Å². The van der Waals surface area contributed by atoms with Crippen molar-refractivity contribution in [3.8, 4) is 27.9 Å². The third kappa shape index (κ3) is 3.47. The molecule has 0 atom stereocenters. The molecule has 37 heavy (non-hydrogen) atoms. The summed E-state index contributed by atoms with van der Waals surface area (Å²) in [7, 11) is 0. The first-order valence-electron chi connectivity index (χ1n) is 12.9. The number of hydrogen-bond donors (Lipinski definition) is 0. The molecule has 7 rings (SSSR count). The van der Waals surface area contributed by atoms with E-state index in [1.165, 1.54) is 71.5 Å². The Morgan fingerprint density at radius 3 is 2.05 bits per heavy atom. The first-order valence-corrected chi connectivity index (χ1v) is 12.9. The summed E-state index contributed by atoms with van der Waals surface area (Å²) in [5.74, 6) is 0. The smallest absolute Gasteiger partial charge is 0.0534 e. The van der Waals surface area contributed by atoms with E-state index in [0.29, 0.717) is 0 Å². The fourth-order valence-corrected chi connectivity index (χ4v) is 5.84. The Kier molecular flexibility index (Phi) is 4.97. The molecule has 0 saturated carbocycles. The fraction of sp³-hybridized carbons (Fsp3) is 0.0556. The van der Waals surface area contributed by atoms with Gasteiger partial charge >= 0.3 is 0 Å². The van der Waals surface area contributed by atoms with Crippen LogP contribution >= 0.6 is 0 Å². The Bertz CT molecular complexity index is 1950. The molecule has 0 radical (unpaired) electrons. The number of para-hydroxylation sites is 1. The van der Waals surface area contributed by atoms with Gasteiger partial charge in [-0.25, -0.2) is 0 Å². The molecule has 0 unspecified atom stereocenters. The van der Waals surface area contributed by atoms with Crippen molar-refractivity contribution in [1.82, 2.24) is 4.57 Å². The predicted molar refractivity (Wildman–Crippen MR) is 159 cm³/mol. The highest BCUT2D eigenvalue weighted by Crippen LogP contribution is 2.38. The van der Waals surface area contributed by atoms with Crippen LogP contribution < -0.4 is 0 Å². The highest BCUT2D eigenvalue weighted by atomic mass is 15.0. The summed E-state index contributed by atoms with van der Waals surface area (Å²) in [6, 6.07) is 44.2. The molecule has 0 bridgehead atoms. The van der Waals surface area contributed by atoms with Gasteiger partial charge in [0.25, 0.3) is 0 Å². The molecule has 0 aliphatic carbocycles. The topological polar surface area (TPSA) is 4.93 Å². The highest BCUT2D eigenvalue weighted by molar-refractivity contribution is 6.03. The van der Waals surface area contributed by atoms with Crippen LogP contribution in [-0.4, -0.2) is 4.57 Å². The third-order valence-electron chi connectivity index (χ3n) is 7.80. The van der Waals surface area contributed by atoms with Gasteiger partial charge in [0.2, 0.25) is 0 Å². The van der Waals surface area contributed by atoms with Gasteiger partial charge in [-0.3, -0.25) is 0 Å². The Balaban J connectivity index is 1.42. The molecule has 0 spiro atoms. The SMILES string of the molecule is Cc1ccc(-c2ccc(-n3ccc4ccccc43)c3ccccc23)cc1-c1ccc2ccccc2c1C. The maximum atomic E-state index is 2.37. The first kappa shape index (κ1) is 21.6. The number of rotatable bonds is 3. The molecule has 0 aliphatic rings. The quantitative estimate of drug-likeness (QED) is 0.241. The van der Waals surface area contributed by atoms with Crippen molar-refractivity contribution in [2.24, 2.45) is 0 Å². The zero-order valence-electron chi connectivity index (χ0n) is 21.1. The number of nitrogens with zero attached hydrogens (tertiary/aromatic N) is 1. The van der Waals surface area contributed by atoms with Crippen LogP contribution in [0.3, 0.4) is 0 Å². The van der Waals surface area contributed by atoms with Crippen LogP contribution in [0.2, 0.25) is 0 Å². The van der Waals surface area contributed by atoms with Gasteiger partial charge in [0.15, 0.2) is 0 Å². The summed E-state index contributed by atoms with van der Waals surface area (Å²) in [6.45, 7) is 4.46. The minimum absolute atomic E-state index is 1.21. The summed E-state index contributed by atoms with van der Waals surface area (Å²) < 4.78 is 2.31. The van der Waals surface area contributed by atoms with E-state index < -0.39 is 0 Å². The first-order chi connectivity index (χ1) is 18.2. The zero-order chi connectivity index (χ0) is 24.9. The van der Waals surface area contributed by atoms with Gasteiger partial charge in [-0.15, -0.1) is 0 Å². The minimum atomic E-state index is 1.21. The summed E-state index contributed by atoms with van der Waals surface area (Å²) in [5.41, 5.74) is 10.2. The lowest BCUT2D eigenvalue weighted by Crippen LogP contribution is -1.95. The molecule has 176 valence electrons. The van der Waals surface area contributed by atoms with Crippen molar-refractivity contribution < 1.29 is 0 Å². The van der Waals surface area contributed by atoms with E-state index >= 15 is 0 Å². The van der Waals surface area contributed by atoms with Crippen LogP contribution in [0.1, 0.15) is 11.1 Å². The Hall–Kier alpha value is -4.62. The predicted octanol–water partition coefficient (Wildman–Crippen LogP) is 9.89. The molecule has 0 saturated heterocycles. The molecule has 7 aromatic rings. The standard InChI is InChI=1S/C36H27N/c1-24-15-16-28(23-34(24)30-18-17-26-9-3-5-11-29(26)25(30)2)31-19-20-36(33-13-7-6-12-32(31)33)37-22-21-27-10-4-8-14-35(27)37/h3-23H,1-2H3. The summed E-state index contributed by atoms with van der Waals surface area (Å²) in [6.07, 6.45) is 2.18. The molecular weight excluding hydrogens is 446 g/mol.